The minimum absolute atomic E-state index is 0.175. The Bertz CT molecular complexity index is 1180. The van der Waals surface area contributed by atoms with Crippen molar-refractivity contribution in [3.05, 3.63) is 101 Å². The zero-order chi connectivity index (χ0) is 26.7. The third-order valence-corrected chi connectivity index (χ3v) is 5.84. The Morgan fingerprint density at radius 3 is 1.81 bits per heavy atom. The van der Waals surface area contributed by atoms with Gasteiger partial charge in [0, 0.05) is 23.8 Å². The van der Waals surface area contributed by atoms with Gasteiger partial charge in [0.1, 0.15) is 0 Å². The molecule has 0 amide bonds. The van der Waals surface area contributed by atoms with Gasteiger partial charge in [-0.2, -0.15) is 26.3 Å². The molecule has 0 fully saturated rings. The van der Waals surface area contributed by atoms with Gasteiger partial charge in [0.05, 0.1) is 11.1 Å². The summed E-state index contributed by atoms with van der Waals surface area (Å²) in [5.74, 6) is 0.139. The number of rotatable bonds is 8. The molecule has 2 nitrogen and oxygen atoms in total. The van der Waals surface area contributed by atoms with Crippen LogP contribution in [0.2, 0.25) is 0 Å². The zero-order valence-corrected chi connectivity index (χ0v) is 20.0. The largest absolute Gasteiger partial charge is 0.416 e. The van der Waals surface area contributed by atoms with Gasteiger partial charge in [-0.15, -0.1) is 0 Å². The summed E-state index contributed by atoms with van der Waals surface area (Å²) in [6.45, 7) is 8.28. The van der Waals surface area contributed by atoms with Crippen molar-refractivity contribution in [1.82, 2.24) is 0 Å². The van der Waals surface area contributed by atoms with Crippen LogP contribution in [0, 0.1) is 5.92 Å². The van der Waals surface area contributed by atoms with Gasteiger partial charge in [-0.25, -0.2) is 0 Å². The molecular formula is C28H28F6N2. The molecule has 3 aromatic carbocycles. The summed E-state index contributed by atoms with van der Waals surface area (Å²) in [4.78, 5) is 0. The predicted octanol–water partition coefficient (Wildman–Crippen LogP) is 8.61. The van der Waals surface area contributed by atoms with Crippen LogP contribution < -0.4 is 11.1 Å². The molecule has 0 bridgehead atoms. The van der Waals surface area contributed by atoms with Gasteiger partial charge in [-0.1, -0.05) is 50.8 Å². The summed E-state index contributed by atoms with van der Waals surface area (Å²) in [6.07, 6.45) is -8.12. The van der Waals surface area contributed by atoms with E-state index in [9.17, 15) is 26.3 Å². The quantitative estimate of drug-likeness (QED) is 0.300. The summed E-state index contributed by atoms with van der Waals surface area (Å²) in [6, 6.07) is 15.3. The Balaban J connectivity index is 1.96. The van der Waals surface area contributed by atoms with E-state index < -0.39 is 23.5 Å². The minimum atomic E-state index is -4.44. The molecule has 3 rings (SSSR count). The van der Waals surface area contributed by atoms with Gasteiger partial charge < -0.3 is 11.1 Å². The Morgan fingerprint density at radius 2 is 1.33 bits per heavy atom. The average Bonchev–Trinajstić information content (AvgIpc) is 2.80. The Labute approximate surface area is 206 Å². The molecule has 1 atom stereocenters. The number of anilines is 1. The lowest BCUT2D eigenvalue weighted by Crippen LogP contribution is -2.12. The summed E-state index contributed by atoms with van der Waals surface area (Å²) in [5, 5.41) is 3.22. The molecule has 0 radical (unpaired) electrons. The fourth-order valence-electron chi connectivity index (χ4n) is 3.96. The Kier molecular flexibility index (Phi) is 8.06. The van der Waals surface area contributed by atoms with Crippen LogP contribution in [-0.2, 0) is 18.9 Å². The van der Waals surface area contributed by atoms with Crippen molar-refractivity contribution in [1.29, 1.82) is 0 Å². The van der Waals surface area contributed by atoms with Crippen molar-refractivity contribution in [3.63, 3.8) is 0 Å². The van der Waals surface area contributed by atoms with E-state index in [4.69, 9.17) is 5.73 Å². The molecule has 0 unspecified atom stereocenters. The second-order valence-electron chi connectivity index (χ2n) is 9.22. The highest BCUT2D eigenvalue weighted by Crippen LogP contribution is 2.36. The third-order valence-electron chi connectivity index (χ3n) is 5.84. The van der Waals surface area contributed by atoms with Crippen molar-refractivity contribution in [2.75, 3.05) is 5.32 Å². The van der Waals surface area contributed by atoms with Gasteiger partial charge in [0.15, 0.2) is 0 Å². The normalized spacial score (nSPS) is 13.0. The first-order valence-electron chi connectivity index (χ1n) is 11.4. The van der Waals surface area contributed by atoms with E-state index in [0.717, 1.165) is 36.2 Å². The first-order valence-corrected chi connectivity index (χ1v) is 11.4. The van der Waals surface area contributed by atoms with Crippen molar-refractivity contribution in [2.24, 2.45) is 11.7 Å². The highest BCUT2D eigenvalue weighted by atomic mass is 19.4. The van der Waals surface area contributed by atoms with E-state index in [1.54, 1.807) is 6.07 Å². The smallest absolute Gasteiger partial charge is 0.402 e. The van der Waals surface area contributed by atoms with Crippen molar-refractivity contribution >= 4 is 5.69 Å². The molecule has 8 heteroatoms. The molecule has 0 aliphatic carbocycles. The summed E-state index contributed by atoms with van der Waals surface area (Å²) in [5.41, 5.74) is 8.55. The van der Waals surface area contributed by atoms with Gasteiger partial charge in [-0.3, -0.25) is 0 Å². The molecule has 0 saturated carbocycles. The molecule has 0 aromatic heterocycles. The number of alkyl halides is 6. The Hall–Kier alpha value is -3.42. The maximum absolute atomic E-state index is 13.0. The lowest BCUT2D eigenvalue weighted by molar-refractivity contribution is -0.138. The lowest BCUT2D eigenvalue weighted by atomic mass is 9.86. The van der Waals surface area contributed by atoms with Crippen LogP contribution in [0.1, 0.15) is 48.4 Å². The molecule has 0 heterocycles. The third kappa shape index (κ3) is 7.06. The number of nitrogens with two attached hydrogens (primary N) is 1. The van der Waals surface area contributed by atoms with Gasteiger partial charge >= 0.3 is 12.4 Å². The summed E-state index contributed by atoms with van der Waals surface area (Å²) in [7, 11) is 0. The monoisotopic (exact) mass is 506 g/mol. The molecule has 0 spiro atoms. The van der Waals surface area contributed by atoms with Crippen molar-refractivity contribution in [2.45, 2.75) is 45.1 Å². The second-order valence-corrected chi connectivity index (χ2v) is 9.22. The van der Waals surface area contributed by atoms with Crippen LogP contribution in [0.5, 0.6) is 0 Å². The number of nitrogens with one attached hydrogen (secondary N) is 1. The number of hydrogen-bond acceptors (Lipinski definition) is 2. The standard InChI is InChI=1S/C28H28F6N2/c1-17(2)12-26(18(3)35)22-13-21(20-6-10-24(11-7-20)28(32,33)34)14-25(15-22)36-16-19-4-8-23(9-5-19)27(29,30)31/h4-11,13-15,17,26,36H,3,12,16,35H2,1-2H3/t26-/m0/s1. The molecule has 3 aromatic rings. The minimum Gasteiger partial charge on any atom is -0.402 e. The van der Waals surface area contributed by atoms with Gasteiger partial charge in [0.2, 0.25) is 0 Å². The maximum Gasteiger partial charge on any atom is 0.416 e. The zero-order valence-electron chi connectivity index (χ0n) is 20.0. The molecular weight excluding hydrogens is 478 g/mol. The van der Waals surface area contributed by atoms with Crippen LogP contribution in [0.25, 0.3) is 11.1 Å². The summed E-state index contributed by atoms with van der Waals surface area (Å²) < 4.78 is 77.6. The molecule has 36 heavy (non-hydrogen) atoms. The molecule has 0 aliphatic rings. The van der Waals surface area contributed by atoms with E-state index in [1.807, 2.05) is 12.1 Å². The number of halogens is 6. The van der Waals surface area contributed by atoms with E-state index in [2.05, 4.69) is 25.7 Å². The molecule has 0 aliphatic heterocycles. The summed E-state index contributed by atoms with van der Waals surface area (Å²) >= 11 is 0. The molecule has 3 N–H and O–H groups in total. The maximum atomic E-state index is 13.0. The molecule has 192 valence electrons. The number of benzene rings is 3. The highest BCUT2D eigenvalue weighted by Gasteiger charge is 2.30. The van der Waals surface area contributed by atoms with E-state index in [1.165, 1.54) is 24.3 Å². The van der Waals surface area contributed by atoms with Crippen LogP contribution in [0.3, 0.4) is 0 Å². The fraction of sp³-hybridized carbons (Fsp3) is 0.286. The van der Waals surface area contributed by atoms with Crippen LogP contribution in [0.15, 0.2) is 79.0 Å². The average molecular weight is 507 g/mol. The van der Waals surface area contributed by atoms with Gasteiger partial charge in [0.25, 0.3) is 0 Å². The molecule has 0 saturated heterocycles. The van der Waals surface area contributed by atoms with E-state index in [0.29, 0.717) is 34.0 Å². The van der Waals surface area contributed by atoms with Crippen molar-refractivity contribution < 1.29 is 26.3 Å². The van der Waals surface area contributed by atoms with Crippen LogP contribution in [-0.4, -0.2) is 0 Å². The number of hydrogen-bond donors (Lipinski definition) is 2. The highest BCUT2D eigenvalue weighted by molar-refractivity contribution is 5.70. The number of allylic oxidation sites excluding steroid dienone is 1. The van der Waals surface area contributed by atoms with Crippen LogP contribution >= 0.6 is 0 Å². The van der Waals surface area contributed by atoms with Gasteiger partial charge in [-0.05, 0) is 71.0 Å². The van der Waals surface area contributed by atoms with E-state index >= 15 is 0 Å². The first kappa shape index (κ1) is 27.2. The van der Waals surface area contributed by atoms with Crippen molar-refractivity contribution in [3.8, 4) is 11.1 Å². The fourth-order valence-corrected chi connectivity index (χ4v) is 3.96. The Morgan fingerprint density at radius 1 is 0.806 bits per heavy atom. The first-order chi connectivity index (χ1) is 16.7. The van der Waals surface area contributed by atoms with E-state index in [-0.39, 0.29) is 12.5 Å². The SMILES string of the molecule is C=C(N)[C@H](CC(C)C)c1cc(NCc2ccc(C(F)(F)F)cc2)cc(-c2ccc(C(F)(F)F)cc2)c1. The predicted molar refractivity (Wildman–Crippen MR) is 131 cm³/mol. The lowest BCUT2D eigenvalue weighted by Gasteiger charge is -2.22. The second kappa shape index (κ2) is 10.7. The topological polar surface area (TPSA) is 38.0 Å². The van der Waals surface area contributed by atoms with Crippen LogP contribution in [0.4, 0.5) is 32.0 Å².